The molecule has 1 aromatic heterocycles. The molecule has 2 fully saturated rings. The zero-order valence-corrected chi connectivity index (χ0v) is 9.89. The molecule has 2 aliphatic heterocycles. The second-order valence-electron chi connectivity index (χ2n) is 4.19. The fourth-order valence-corrected chi connectivity index (χ4v) is 3.35. The molecule has 15 heavy (non-hydrogen) atoms. The number of rotatable bonds is 2. The lowest BCUT2D eigenvalue weighted by Gasteiger charge is -2.20. The van der Waals surface area contributed by atoms with Crippen molar-refractivity contribution in [1.29, 1.82) is 0 Å². The van der Waals surface area contributed by atoms with Gasteiger partial charge in [0.15, 0.2) is 11.0 Å². The van der Waals surface area contributed by atoms with Crippen LogP contribution in [-0.4, -0.2) is 38.8 Å². The molecule has 2 atom stereocenters. The average Bonchev–Trinajstić information content (AvgIpc) is 2.86. The van der Waals surface area contributed by atoms with Crippen LogP contribution >= 0.6 is 23.3 Å². The molecular formula is C9H13ClN4S. The maximum atomic E-state index is 5.92. The number of anilines is 1. The summed E-state index contributed by atoms with van der Waals surface area (Å²) >= 11 is 7.09. The van der Waals surface area contributed by atoms with E-state index in [2.05, 4.69) is 19.0 Å². The van der Waals surface area contributed by atoms with Crippen LogP contribution in [0.1, 0.15) is 19.3 Å². The Morgan fingerprint density at radius 3 is 3.07 bits per heavy atom. The lowest BCUT2D eigenvalue weighted by atomic mass is 10.1. The minimum Gasteiger partial charge on any atom is -0.362 e. The predicted octanol–water partition coefficient (Wildman–Crippen LogP) is 1.84. The first-order valence-corrected chi connectivity index (χ1v) is 6.44. The maximum Gasteiger partial charge on any atom is 0.186 e. The van der Waals surface area contributed by atoms with Gasteiger partial charge in [-0.2, -0.15) is 8.75 Å². The van der Waals surface area contributed by atoms with Crippen molar-refractivity contribution < 1.29 is 0 Å². The maximum absolute atomic E-state index is 5.92. The summed E-state index contributed by atoms with van der Waals surface area (Å²) in [6, 6.07) is 1.19. The smallest absolute Gasteiger partial charge is 0.186 e. The highest BCUT2D eigenvalue weighted by Crippen LogP contribution is 2.31. The molecule has 0 radical (unpaired) electrons. The van der Waals surface area contributed by atoms with E-state index < -0.39 is 0 Å². The Kier molecular flexibility index (Phi) is 2.54. The van der Waals surface area contributed by atoms with E-state index in [-0.39, 0.29) is 0 Å². The second-order valence-corrected chi connectivity index (χ2v) is 5.08. The van der Waals surface area contributed by atoms with Crippen molar-refractivity contribution in [3.8, 4) is 0 Å². The summed E-state index contributed by atoms with van der Waals surface area (Å²) in [4.78, 5) is 2.56. The number of hydrogen-bond acceptors (Lipinski definition) is 5. The van der Waals surface area contributed by atoms with Gasteiger partial charge in [-0.05, 0) is 25.8 Å². The van der Waals surface area contributed by atoms with E-state index in [1.54, 1.807) is 0 Å². The van der Waals surface area contributed by atoms with Crippen LogP contribution in [0.5, 0.6) is 0 Å². The van der Waals surface area contributed by atoms with Gasteiger partial charge in [0.1, 0.15) is 0 Å². The zero-order valence-electron chi connectivity index (χ0n) is 8.32. The third kappa shape index (κ3) is 1.73. The molecule has 3 heterocycles. The number of fused-ring (bicyclic) bond motifs is 1. The van der Waals surface area contributed by atoms with Crippen LogP contribution in [0.25, 0.3) is 0 Å². The summed E-state index contributed by atoms with van der Waals surface area (Å²) in [7, 11) is 0. The Morgan fingerprint density at radius 2 is 2.27 bits per heavy atom. The highest BCUT2D eigenvalue weighted by molar-refractivity contribution is 6.99. The van der Waals surface area contributed by atoms with Crippen molar-refractivity contribution in [3.63, 3.8) is 0 Å². The lowest BCUT2D eigenvalue weighted by Crippen LogP contribution is -2.33. The lowest BCUT2D eigenvalue weighted by molar-refractivity contribution is 0.318. The standard InChI is InChI=1S/C9H13ClN4S/c10-8-9(13-15-12-8)11-6-3-5-14-4-1-2-7(6)14/h6-7H,1-5H2,(H,11,13). The van der Waals surface area contributed by atoms with Crippen LogP contribution in [0.15, 0.2) is 0 Å². The molecule has 0 aromatic carbocycles. The molecule has 1 aromatic rings. The number of aromatic nitrogens is 2. The minimum absolute atomic E-state index is 0.508. The molecule has 1 N–H and O–H groups in total. The van der Waals surface area contributed by atoms with E-state index in [9.17, 15) is 0 Å². The molecular weight excluding hydrogens is 232 g/mol. The third-order valence-corrected chi connectivity index (χ3v) is 4.27. The van der Waals surface area contributed by atoms with E-state index in [1.165, 1.54) is 44.1 Å². The highest BCUT2D eigenvalue weighted by atomic mass is 35.5. The fourth-order valence-electron chi connectivity index (χ4n) is 2.69. The molecule has 0 aliphatic carbocycles. The molecule has 2 saturated heterocycles. The highest BCUT2D eigenvalue weighted by Gasteiger charge is 2.37. The van der Waals surface area contributed by atoms with Crippen molar-refractivity contribution in [2.24, 2.45) is 0 Å². The van der Waals surface area contributed by atoms with Crippen molar-refractivity contribution >= 4 is 29.1 Å². The van der Waals surface area contributed by atoms with Gasteiger partial charge in [-0.3, -0.25) is 4.90 Å². The number of nitrogens with one attached hydrogen (secondary N) is 1. The van der Waals surface area contributed by atoms with Crippen LogP contribution in [0.2, 0.25) is 5.15 Å². The molecule has 0 saturated carbocycles. The number of nitrogens with zero attached hydrogens (tertiary/aromatic N) is 3. The zero-order chi connectivity index (χ0) is 10.3. The van der Waals surface area contributed by atoms with Crippen LogP contribution in [0.3, 0.4) is 0 Å². The van der Waals surface area contributed by atoms with Crippen LogP contribution in [-0.2, 0) is 0 Å². The van der Waals surface area contributed by atoms with Gasteiger partial charge in [0.05, 0.1) is 11.7 Å². The van der Waals surface area contributed by atoms with Crippen LogP contribution in [0.4, 0.5) is 5.82 Å². The van der Waals surface area contributed by atoms with Crippen LogP contribution in [0, 0.1) is 0 Å². The van der Waals surface area contributed by atoms with Gasteiger partial charge in [0.2, 0.25) is 0 Å². The van der Waals surface area contributed by atoms with Gasteiger partial charge in [0.25, 0.3) is 0 Å². The molecule has 0 spiro atoms. The van der Waals surface area contributed by atoms with E-state index in [4.69, 9.17) is 11.6 Å². The monoisotopic (exact) mass is 244 g/mol. The minimum atomic E-state index is 0.508. The van der Waals surface area contributed by atoms with Gasteiger partial charge < -0.3 is 5.32 Å². The fraction of sp³-hybridized carbons (Fsp3) is 0.778. The molecule has 82 valence electrons. The van der Waals surface area contributed by atoms with Crippen molar-refractivity contribution in [3.05, 3.63) is 5.15 Å². The van der Waals surface area contributed by atoms with Crippen LogP contribution < -0.4 is 5.32 Å². The summed E-state index contributed by atoms with van der Waals surface area (Å²) in [6.07, 6.45) is 3.82. The summed E-state index contributed by atoms with van der Waals surface area (Å²) in [6.45, 7) is 2.46. The Bertz CT molecular complexity index is 356. The molecule has 2 unspecified atom stereocenters. The molecule has 0 bridgehead atoms. The van der Waals surface area contributed by atoms with E-state index >= 15 is 0 Å². The summed E-state index contributed by atoms with van der Waals surface area (Å²) in [5, 5.41) is 3.93. The van der Waals surface area contributed by atoms with Gasteiger partial charge in [-0.15, -0.1) is 0 Å². The van der Waals surface area contributed by atoms with Crippen molar-refractivity contribution in [2.45, 2.75) is 31.3 Å². The Labute approximate surface area is 97.9 Å². The first kappa shape index (κ1) is 9.81. The van der Waals surface area contributed by atoms with Gasteiger partial charge in [0, 0.05) is 18.6 Å². The Balaban J connectivity index is 1.71. The molecule has 6 heteroatoms. The number of hydrogen-bond donors (Lipinski definition) is 1. The largest absolute Gasteiger partial charge is 0.362 e. The number of halogens is 1. The molecule has 2 aliphatic rings. The normalized spacial score (nSPS) is 30.7. The average molecular weight is 245 g/mol. The quantitative estimate of drug-likeness (QED) is 0.862. The molecule has 4 nitrogen and oxygen atoms in total. The summed E-state index contributed by atoms with van der Waals surface area (Å²) in [5.41, 5.74) is 0. The van der Waals surface area contributed by atoms with Crippen molar-refractivity contribution in [1.82, 2.24) is 13.6 Å². The van der Waals surface area contributed by atoms with E-state index in [0.29, 0.717) is 17.2 Å². The summed E-state index contributed by atoms with van der Waals surface area (Å²) < 4.78 is 8.13. The third-order valence-electron chi connectivity index (χ3n) is 3.38. The van der Waals surface area contributed by atoms with E-state index in [0.717, 1.165) is 5.82 Å². The second kappa shape index (κ2) is 3.88. The SMILES string of the molecule is Clc1nsnc1NC1CCN2CCCC12. The van der Waals surface area contributed by atoms with Gasteiger partial charge >= 0.3 is 0 Å². The first-order valence-electron chi connectivity index (χ1n) is 5.33. The van der Waals surface area contributed by atoms with Crippen molar-refractivity contribution in [2.75, 3.05) is 18.4 Å². The Morgan fingerprint density at radius 1 is 1.33 bits per heavy atom. The van der Waals surface area contributed by atoms with Gasteiger partial charge in [-0.1, -0.05) is 11.6 Å². The predicted molar refractivity (Wildman–Crippen MR) is 61.5 cm³/mol. The molecule has 0 amide bonds. The van der Waals surface area contributed by atoms with E-state index in [1.807, 2.05) is 0 Å². The Hall–Kier alpha value is -0.390. The van der Waals surface area contributed by atoms with Gasteiger partial charge in [-0.25, -0.2) is 0 Å². The summed E-state index contributed by atoms with van der Waals surface area (Å²) in [5.74, 6) is 0.764. The first-order chi connectivity index (χ1) is 7.34. The topological polar surface area (TPSA) is 41.1 Å². The molecule has 3 rings (SSSR count).